The first-order valence-electron chi connectivity index (χ1n) is 21.0. The highest BCUT2D eigenvalue weighted by Crippen LogP contribution is 2.63. The van der Waals surface area contributed by atoms with E-state index in [0.29, 0.717) is 55.0 Å². The van der Waals surface area contributed by atoms with Gasteiger partial charge < -0.3 is 28.8 Å². The quantitative estimate of drug-likeness (QED) is 0.0426. The Labute approximate surface area is 383 Å². The van der Waals surface area contributed by atoms with E-state index in [1.54, 1.807) is 0 Å². The first-order valence-corrected chi connectivity index (χ1v) is 22.2. The largest absolute Gasteiger partial charge is 0.488 e. The van der Waals surface area contributed by atoms with Gasteiger partial charge in [-0.2, -0.15) is 4.39 Å². The van der Waals surface area contributed by atoms with Crippen molar-refractivity contribution in [3.05, 3.63) is 116 Å². The Balaban J connectivity index is 1.20. The van der Waals surface area contributed by atoms with Crippen LogP contribution in [-0.4, -0.2) is 98.3 Å². The number of unbranched alkanes of at least 4 members (excludes halogenated alkanes) is 1. The van der Waals surface area contributed by atoms with Crippen LogP contribution in [0.2, 0.25) is 0 Å². The Morgan fingerprint density at radius 1 is 0.922 bits per heavy atom. The number of halogens is 6. The minimum atomic E-state index is -2.02. The second-order valence-electron chi connectivity index (χ2n) is 17.2. The first kappa shape index (κ1) is 47.0. The summed E-state index contributed by atoms with van der Waals surface area (Å²) in [4.78, 5) is 63.2. The number of ether oxygens (including phenoxy) is 3. The average molecular weight is 952 g/mol. The van der Waals surface area contributed by atoms with Crippen LogP contribution in [0.5, 0.6) is 5.75 Å². The second-order valence-corrected chi connectivity index (χ2v) is 19.5. The van der Waals surface area contributed by atoms with Crippen LogP contribution in [0.4, 0.5) is 22.8 Å². The van der Waals surface area contributed by atoms with Gasteiger partial charge >= 0.3 is 12.2 Å². The highest BCUT2D eigenvalue weighted by atomic mass is 35.6. The first-order chi connectivity index (χ1) is 30.3. The van der Waals surface area contributed by atoms with Gasteiger partial charge in [-0.1, -0.05) is 83.3 Å². The zero-order valence-corrected chi connectivity index (χ0v) is 37.7. The summed E-state index contributed by atoms with van der Waals surface area (Å²) in [5, 5.41) is 9.64. The van der Waals surface area contributed by atoms with E-state index < -0.39 is 67.4 Å². The van der Waals surface area contributed by atoms with E-state index in [1.807, 2.05) is 60.4 Å². The number of hydrogen-bond acceptors (Lipinski definition) is 9. The summed E-state index contributed by atoms with van der Waals surface area (Å²) in [6, 6.07) is 15.3. The highest BCUT2D eigenvalue weighted by Gasteiger charge is 2.73. The number of likely N-dealkylation sites (tertiary alicyclic amines) is 2. The number of amides is 3. The van der Waals surface area contributed by atoms with Crippen molar-refractivity contribution in [1.29, 1.82) is 0 Å². The Kier molecular flexibility index (Phi) is 13.9. The van der Waals surface area contributed by atoms with E-state index in [1.165, 1.54) is 23.6 Å². The van der Waals surface area contributed by atoms with Gasteiger partial charge in [0.05, 0.1) is 31.9 Å². The summed E-state index contributed by atoms with van der Waals surface area (Å²) >= 11 is 18.8. The minimum absolute atomic E-state index is 0.0275. The van der Waals surface area contributed by atoms with Gasteiger partial charge in [0.2, 0.25) is 9.61 Å². The Morgan fingerprint density at radius 3 is 2.28 bits per heavy atom. The molecular formula is C45H48Cl3F3N4O9. The number of nitrogens with zero attached hydrogens (tertiary/aromatic N) is 4. The molecule has 2 aliphatic heterocycles. The van der Waals surface area contributed by atoms with Gasteiger partial charge in [0.25, 0.3) is 11.0 Å². The Morgan fingerprint density at radius 2 is 1.61 bits per heavy atom. The molecule has 7 rings (SSSR count). The highest BCUT2D eigenvalue weighted by molar-refractivity contribution is 6.68. The molecule has 13 nitrogen and oxygen atoms in total. The van der Waals surface area contributed by atoms with Gasteiger partial charge in [0, 0.05) is 36.7 Å². The molecule has 3 aromatic rings. The van der Waals surface area contributed by atoms with Gasteiger partial charge in [-0.05, 0) is 106 Å². The molecule has 3 aromatic carbocycles. The molecule has 0 aromatic heterocycles. The molecule has 3 atom stereocenters. The molecule has 1 spiro atoms. The normalized spacial score (nSPS) is 20.3. The predicted molar refractivity (Wildman–Crippen MR) is 231 cm³/mol. The number of hydrogen-bond donors (Lipinski definition) is 0. The van der Waals surface area contributed by atoms with Crippen molar-refractivity contribution in [2.75, 3.05) is 32.9 Å². The third-order valence-electron chi connectivity index (χ3n) is 12.5. The molecule has 2 heterocycles. The van der Waals surface area contributed by atoms with Gasteiger partial charge in [-0.3, -0.25) is 9.69 Å². The molecule has 0 radical (unpaired) electrons. The monoisotopic (exact) mass is 950 g/mol. The standard InChI is InChI=1S/C45H48Cl3F3N4O9/c1-27-9-4-5-11-30(27)24-53(31-16-17-31)40(56)36-32(29-14-12-28(13-15-29)10-8-21-61-38-34(50)19-18-33(49)37(38)51)23-44-26-52(41(57)62-20-6-7-22-63-55(59)60)25-35(44)54(39(36)44)42(58)64-43(2,3)45(46,47)48/h4-5,9,11-15,18-19,31,35,39H,6-8,10,16-17,20-26H2,1-3H3. The van der Waals surface area contributed by atoms with Crippen molar-refractivity contribution in [1.82, 2.24) is 14.7 Å². The van der Waals surface area contributed by atoms with Crippen LogP contribution >= 0.6 is 34.8 Å². The fraction of sp³-hybridized carbons (Fsp3) is 0.489. The minimum Gasteiger partial charge on any atom is -0.488 e. The zero-order valence-electron chi connectivity index (χ0n) is 35.4. The van der Waals surface area contributed by atoms with Crippen molar-refractivity contribution < 1.29 is 51.7 Å². The van der Waals surface area contributed by atoms with Crippen molar-refractivity contribution in [2.24, 2.45) is 5.41 Å². The second kappa shape index (κ2) is 18.9. The summed E-state index contributed by atoms with van der Waals surface area (Å²) in [7, 11) is 0. The van der Waals surface area contributed by atoms with Crippen LogP contribution in [0, 0.1) is 39.9 Å². The van der Waals surface area contributed by atoms with Crippen molar-refractivity contribution in [3.8, 4) is 5.75 Å². The molecule has 2 saturated heterocycles. The number of alkyl halides is 3. The number of allylic oxidation sites excluding steroid dienone is 1. The molecule has 0 bridgehead atoms. The van der Waals surface area contributed by atoms with Crippen LogP contribution in [0.3, 0.4) is 0 Å². The van der Waals surface area contributed by atoms with Crippen LogP contribution in [0.25, 0.3) is 5.57 Å². The topological polar surface area (TPSA) is 141 Å². The van der Waals surface area contributed by atoms with Gasteiger partial charge in [-0.25, -0.2) is 18.4 Å². The fourth-order valence-corrected chi connectivity index (χ4v) is 8.97. The lowest BCUT2D eigenvalue weighted by Crippen LogP contribution is -2.72. The smallest absolute Gasteiger partial charge is 0.411 e. The maximum absolute atomic E-state index is 15.4. The molecule has 3 amide bonds. The van der Waals surface area contributed by atoms with E-state index in [2.05, 4.69) is 4.84 Å². The molecule has 1 saturated carbocycles. The van der Waals surface area contributed by atoms with E-state index in [0.717, 1.165) is 35.6 Å². The summed E-state index contributed by atoms with van der Waals surface area (Å²) in [5.41, 5.74) is 2.21. The molecule has 64 heavy (non-hydrogen) atoms. The van der Waals surface area contributed by atoms with Crippen LogP contribution < -0.4 is 4.74 Å². The third-order valence-corrected chi connectivity index (χ3v) is 13.9. The number of carbonyl (C=O) groups excluding carboxylic acids is 3. The molecule has 2 aliphatic carbocycles. The number of rotatable bonds is 17. The molecule has 19 heteroatoms. The fourth-order valence-electron chi connectivity index (χ4n) is 8.85. The SMILES string of the molecule is Cc1ccccc1CN(C(=O)C1=C(c2ccc(CCCOc3c(F)ccc(F)c3F)cc2)CC23CN(C(=O)OCCCCO[N+](=O)[O-])CC2N(C(=O)OC(C)(C)C(Cl)(Cl)Cl)C13)C1CC1. The van der Waals surface area contributed by atoms with E-state index in [9.17, 15) is 32.9 Å². The van der Waals surface area contributed by atoms with Gasteiger partial charge in [-0.15, -0.1) is 10.1 Å². The lowest BCUT2D eigenvalue weighted by Gasteiger charge is -2.57. The van der Waals surface area contributed by atoms with Crippen LogP contribution in [0.1, 0.15) is 74.6 Å². The van der Waals surface area contributed by atoms with E-state index in [4.69, 9.17) is 49.0 Å². The predicted octanol–water partition coefficient (Wildman–Crippen LogP) is 9.54. The van der Waals surface area contributed by atoms with Crippen molar-refractivity contribution in [3.63, 3.8) is 0 Å². The molecule has 344 valence electrons. The third kappa shape index (κ3) is 9.69. The van der Waals surface area contributed by atoms with E-state index >= 15 is 4.79 Å². The Hall–Kier alpha value is -4.93. The van der Waals surface area contributed by atoms with E-state index in [-0.39, 0.29) is 51.3 Å². The molecule has 3 unspecified atom stereocenters. The maximum atomic E-state index is 15.4. The van der Waals surface area contributed by atoms with Crippen molar-refractivity contribution >= 4 is 58.5 Å². The van der Waals surface area contributed by atoms with Gasteiger partial charge in [0.15, 0.2) is 23.0 Å². The summed E-state index contributed by atoms with van der Waals surface area (Å²) < 4.78 is 56.7. The molecular weight excluding hydrogens is 904 g/mol. The molecule has 3 fully saturated rings. The lowest BCUT2D eigenvalue weighted by molar-refractivity contribution is -0.757. The summed E-state index contributed by atoms with van der Waals surface area (Å²) in [6.07, 6.45) is 1.82. The van der Waals surface area contributed by atoms with Crippen LogP contribution in [-0.2, 0) is 32.1 Å². The maximum Gasteiger partial charge on any atom is 0.411 e. The van der Waals surface area contributed by atoms with Gasteiger partial charge in [0.1, 0.15) is 0 Å². The molecule has 0 N–H and O–H groups in total. The Bertz CT molecular complexity index is 2310. The molecule has 4 aliphatic rings. The average Bonchev–Trinajstić information content (AvgIpc) is 3.98. The number of benzene rings is 3. The van der Waals surface area contributed by atoms with Crippen molar-refractivity contribution in [2.45, 2.75) is 99.8 Å². The lowest BCUT2D eigenvalue weighted by atomic mass is 9.66. The zero-order chi connectivity index (χ0) is 46.1. The summed E-state index contributed by atoms with van der Waals surface area (Å²) in [5.74, 6) is -4.64. The number of aryl methyl sites for hydroxylation is 2. The number of carbonyl (C=O) groups is 3. The summed E-state index contributed by atoms with van der Waals surface area (Å²) in [6.45, 7) is 5.17. The van der Waals surface area contributed by atoms with Crippen LogP contribution in [0.15, 0.2) is 66.2 Å².